The predicted molar refractivity (Wildman–Crippen MR) is 76.8 cm³/mol. The molecule has 0 bridgehead atoms. The van der Waals surface area contributed by atoms with Crippen molar-refractivity contribution in [3.05, 3.63) is 41.9 Å². The van der Waals surface area contributed by atoms with Crippen LogP contribution < -0.4 is 14.9 Å². The predicted octanol–water partition coefficient (Wildman–Crippen LogP) is 1.84. The van der Waals surface area contributed by atoms with E-state index in [1.54, 1.807) is 0 Å². The first-order valence-electron chi connectivity index (χ1n) is 6.86. The maximum atomic E-state index is 11.8. The Morgan fingerprint density at radius 3 is 2.60 bits per heavy atom. The van der Waals surface area contributed by atoms with Gasteiger partial charge in [0.2, 0.25) is 0 Å². The van der Waals surface area contributed by atoms with E-state index >= 15 is 0 Å². The molecule has 0 aliphatic carbocycles. The fourth-order valence-electron chi connectivity index (χ4n) is 2.35. The van der Waals surface area contributed by atoms with E-state index in [4.69, 9.17) is 0 Å². The van der Waals surface area contributed by atoms with Gasteiger partial charge in [-0.2, -0.15) is 0 Å². The van der Waals surface area contributed by atoms with Crippen molar-refractivity contribution in [3.8, 4) is 0 Å². The van der Waals surface area contributed by atoms with Gasteiger partial charge in [-0.3, -0.25) is 4.90 Å². The summed E-state index contributed by atoms with van der Waals surface area (Å²) in [5.74, 6) is 0.877. The lowest BCUT2D eigenvalue weighted by Crippen LogP contribution is -2.42. The Hall–Kier alpha value is -2.37. The van der Waals surface area contributed by atoms with E-state index in [-0.39, 0.29) is 0 Å². The molecule has 1 saturated heterocycles. The number of hydrogen-bond acceptors (Lipinski definition) is 5. The number of nitrogens with one attached hydrogen (secondary N) is 1. The molecule has 1 fully saturated rings. The lowest BCUT2D eigenvalue weighted by atomic mass is 10.1. The third-order valence-electron chi connectivity index (χ3n) is 3.36. The normalized spacial score (nSPS) is 15.1. The minimum absolute atomic E-state index is 0.429. The minimum atomic E-state index is 0.429. The molecule has 2 heterocycles. The lowest BCUT2D eigenvalue weighted by molar-refractivity contribution is -0.598. The Labute approximate surface area is 117 Å². The molecule has 0 spiro atoms. The maximum absolute atomic E-state index is 11.8. The molecule has 0 saturated carbocycles. The molecule has 0 radical (unpaired) electrons. The summed E-state index contributed by atoms with van der Waals surface area (Å²) < 4.78 is 0.738. The third kappa shape index (κ3) is 2.79. The summed E-state index contributed by atoms with van der Waals surface area (Å²) in [4.78, 5) is 10.4. The van der Waals surface area contributed by atoms with Crippen molar-refractivity contribution in [2.75, 3.05) is 23.3 Å². The van der Waals surface area contributed by atoms with Crippen LogP contribution in [0, 0.1) is 5.21 Å². The second-order valence-corrected chi connectivity index (χ2v) is 4.84. The molecule has 20 heavy (non-hydrogen) atoms. The highest BCUT2D eigenvalue weighted by atomic mass is 16.5. The standard InChI is InChI=1S/C14H17N5O/c20-19-11-15-13(16-12-7-3-1-4-8-12)17-14(19)18-9-5-2-6-10-18/h1,3-4,7-8,11H,2,5-6,9-10H2,(H,15,16,17). The van der Waals surface area contributed by atoms with Gasteiger partial charge in [0.05, 0.1) is 13.1 Å². The Morgan fingerprint density at radius 2 is 1.85 bits per heavy atom. The molecule has 3 rings (SSSR count). The monoisotopic (exact) mass is 271 g/mol. The van der Waals surface area contributed by atoms with Crippen LogP contribution in [0.1, 0.15) is 19.3 Å². The van der Waals surface area contributed by atoms with Gasteiger partial charge in [-0.25, -0.2) is 4.73 Å². The minimum Gasteiger partial charge on any atom is -0.754 e. The first kappa shape index (κ1) is 12.7. The first-order valence-corrected chi connectivity index (χ1v) is 6.86. The number of benzene rings is 1. The Balaban J connectivity index is 1.82. The summed E-state index contributed by atoms with van der Waals surface area (Å²) >= 11 is 0. The van der Waals surface area contributed by atoms with Gasteiger partial charge in [0, 0.05) is 5.69 Å². The molecule has 1 N–H and O–H groups in total. The molecule has 6 heteroatoms. The molecule has 0 atom stereocenters. The zero-order chi connectivity index (χ0) is 13.8. The van der Waals surface area contributed by atoms with Crippen LogP contribution in [-0.2, 0) is 0 Å². The van der Waals surface area contributed by atoms with Crippen LogP contribution in [0.5, 0.6) is 0 Å². The number of aromatic nitrogens is 3. The van der Waals surface area contributed by atoms with Crippen LogP contribution in [0.25, 0.3) is 0 Å². The van der Waals surface area contributed by atoms with Crippen LogP contribution >= 0.6 is 0 Å². The van der Waals surface area contributed by atoms with Crippen LogP contribution in [0.3, 0.4) is 0 Å². The van der Waals surface area contributed by atoms with Gasteiger partial charge in [-0.1, -0.05) is 28.2 Å². The van der Waals surface area contributed by atoms with Gasteiger partial charge < -0.3 is 10.5 Å². The average Bonchev–Trinajstić information content (AvgIpc) is 2.51. The summed E-state index contributed by atoms with van der Waals surface area (Å²) in [7, 11) is 0. The summed E-state index contributed by atoms with van der Waals surface area (Å²) in [5, 5.41) is 15.0. The SMILES string of the molecule is [O-][n+]1cnc(Nc2ccccc2)nc1N1CCCCC1. The van der Waals surface area contributed by atoms with Gasteiger partial charge in [0.1, 0.15) is 0 Å². The summed E-state index contributed by atoms with van der Waals surface area (Å²) in [6.45, 7) is 1.76. The number of para-hydroxylation sites is 1. The van der Waals surface area contributed by atoms with Gasteiger partial charge in [0.15, 0.2) is 6.33 Å². The highest BCUT2D eigenvalue weighted by molar-refractivity contribution is 5.53. The Bertz CT molecular complexity index is 569. The molecule has 1 aliphatic heterocycles. The Morgan fingerprint density at radius 1 is 1.10 bits per heavy atom. The summed E-state index contributed by atoms with van der Waals surface area (Å²) in [6.07, 6.45) is 4.69. The van der Waals surface area contributed by atoms with Crippen molar-refractivity contribution in [1.82, 2.24) is 9.97 Å². The van der Waals surface area contributed by atoms with Gasteiger partial charge in [-0.15, -0.1) is 0 Å². The van der Waals surface area contributed by atoms with E-state index in [0.29, 0.717) is 11.9 Å². The molecular formula is C14H17N5O. The molecule has 2 aromatic rings. The fourth-order valence-corrected chi connectivity index (χ4v) is 2.35. The number of hydrogen-bond donors (Lipinski definition) is 1. The van der Waals surface area contributed by atoms with Crippen molar-refractivity contribution in [2.24, 2.45) is 0 Å². The quantitative estimate of drug-likeness (QED) is 0.681. The molecule has 0 amide bonds. The largest absolute Gasteiger partial charge is 0.754 e. The number of piperidine rings is 1. The smallest absolute Gasteiger partial charge is 0.353 e. The van der Waals surface area contributed by atoms with Gasteiger partial charge in [0.25, 0.3) is 0 Å². The van der Waals surface area contributed by atoms with Crippen molar-refractivity contribution in [2.45, 2.75) is 19.3 Å². The van der Waals surface area contributed by atoms with E-state index in [9.17, 15) is 5.21 Å². The van der Waals surface area contributed by atoms with E-state index < -0.39 is 0 Å². The molecule has 104 valence electrons. The Kier molecular flexibility index (Phi) is 3.62. The number of rotatable bonds is 3. The second kappa shape index (κ2) is 5.73. The average molecular weight is 271 g/mol. The van der Waals surface area contributed by atoms with Gasteiger partial charge >= 0.3 is 11.9 Å². The second-order valence-electron chi connectivity index (χ2n) is 4.84. The van der Waals surface area contributed by atoms with Crippen LogP contribution in [0.2, 0.25) is 0 Å². The van der Waals surface area contributed by atoms with Crippen molar-refractivity contribution < 1.29 is 4.73 Å². The van der Waals surface area contributed by atoms with Crippen LogP contribution in [-0.4, -0.2) is 23.1 Å². The van der Waals surface area contributed by atoms with Crippen molar-refractivity contribution >= 4 is 17.6 Å². The summed E-state index contributed by atoms with van der Waals surface area (Å²) in [5.41, 5.74) is 0.903. The zero-order valence-corrected chi connectivity index (χ0v) is 11.2. The zero-order valence-electron chi connectivity index (χ0n) is 11.2. The van der Waals surface area contributed by atoms with Crippen LogP contribution in [0.4, 0.5) is 17.6 Å². The molecule has 1 aromatic carbocycles. The molecule has 0 unspecified atom stereocenters. The van der Waals surface area contributed by atoms with E-state index in [2.05, 4.69) is 15.3 Å². The molecule has 6 nitrogen and oxygen atoms in total. The maximum Gasteiger partial charge on any atom is 0.353 e. The number of anilines is 3. The van der Waals surface area contributed by atoms with E-state index in [1.165, 1.54) is 12.7 Å². The highest BCUT2D eigenvalue weighted by Gasteiger charge is 2.21. The van der Waals surface area contributed by atoms with Crippen molar-refractivity contribution in [3.63, 3.8) is 0 Å². The van der Waals surface area contributed by atoms with Crippen molar-refractivity contribution in [1.29, 1.82) is 0 Å². The molecule has 1 aliphatic rings. The molecular weight excluding hydrogens is 254 g/mol. The van der Waals surface area contributed by atoms with Gasteiger partial charge in [-0.05, 0) is 31.4 Å². The molecule has 1 aromatic heterocycles. The van der Waals surface area contributed by atoms with E-state index in [0.717, 1.165) is 36.3 Å². The van der Waals surface area contributed by atoms with Crippen LogP contribution in [0.15, 0.2) is 36.7 Å². The van der Waals surface area contributed by atoms with E-state index in [1.807, 2.05) is 35.2 Å². The summed E-state index contributed by atoms with van der Waals surface area (Å²) in [6, 6.07) is 9.68. The highest BCUT2D eigenvalue weighted by Crippen LogP contribution is 2.16. The number of nitrogens with zero attached hydrogens (tertiary/aromatic N) is 4. The first-order chi connectivity index (χ1) is 9.83. The third-order valence-corrected chi connectivity index (χ3v) is 3.36. The lowest BCUT2D eigenvalue weighted by Gasteiger charge is -2.25. The fraction of sp³-hybridized carbons (Fsp3) is 0.357. The topological polar surface area (TPSA) is 68.0 Å².